The molecule has 1 aromatic rings. The number of nitrogens with zero attached hydrogens (tertiary/aromatic N) is 2. The summed E-state index contributed by atoms with van der Waals surface area (Å²) < 4.78 is 0. The first-order valence-electron chi connectivity index (χ1n) is 14.0. The Kier molecular flexibility index (Phi) is 6.31. The predicted octanol–water partition coefficient (Wildman–Crippen LogP) is 7.93. The minimum absolute atomic E-state index is 0.186. The number of anilines is 1. The van der Waals surface area contributed by atoms with Crippen molar-refractivity contribution in [3.63, 3.8) is 0 Å². The van der Waals surface area contributed by atoms with Gasteiger partial charge in [0.25, 0.3) is 0 Å². The van der Waals surface area contributed by atoms with Crippen molar-refractivity contribution in [3.8, 4) is 0 Å². The number of allylic oxidation sites excluding steroid dienone is 7. The number of hydrogen-bond donors (Lipinski definition) is 0. The van der Waals surface area contributed by atoms with Gasteiger partial charge in [0.15, 0.2) is 0 Å². The number of aryl methyl sites for hydroxylation is 1. The maximum atomic E-state index is 2.65. The van der Waals surface area contributed by atoms with Crippen LogP contribution in [0.4, 0.5) is 5.69 Å². The molecular weight excluding hydrogens is 424 g/mol. The molecule has 5 rings (SSSR count). The largest absolute Gasteiger partial charge is 0.374 e. The average Bonchev–Trinajstić information content (AvgIpc) is 3.45. The number of para-hydroxylation sites is 1. The molecule has 0 bridgehead atoms. The van der Waals surface area contributed by atoms with Gasteiger partial charge >= 0.3 is 0 Å². The van der Waals surface area contributed by atoms with Crippen LogP contribution in [0.5, 0.6) is 0 Å². The summed E-state index contributed by atoms with van der Waals surface area (Å²) in [6.07, 6.45) is 16.9. The smallest absolute Gasteiger partial charge is 0.0435 e. The second kappa shape index (κ2) is 9.02. The Bertz CT molecular complexity index is 1090. The van der Waals surface area contributed by atoms with Crippen molar-refractivity contribution in [3.05, 3.63) is 77.1 Å². The van der Waals surface area contributed by atoms with Gasteiger partial charge in [-0.25, -0.2) is 0 Å². The van der Waals surface area contributed by atoms with E-state index in [1.165, 1.54) is 30.6 Å². The Morgan fingerprint density at radius 3 is 2.57 bits per heavy atom. The molecule has 1 heterocycles. The van der Waals surface area contributed by atoms with Crippen LogP contribution in [0.1, 0.15) is 65.9 Å². The van der Waals surface area contributed by atoms with Gasteiger partial charge in [0.1, 0.15) is 0 Å². The molecule has 188 valence electrons. The van der Waals surface area contributed by atoms with Gasteiger partial charge in [-0.1, -0.05) is 94.2 Å². The van der Waals surface area contributed by atoms with Gasteiger partial charge in [-0.15, -0.1) is 0 Å². The molecule has 4 aliphatic rings. The lowest BCUT2D eigenvalue weighted by molar-refractivity contribution is 0.109. The number of rotatable bonds is 10. The molecular formula is C33H46N2. The number of benzene rings is 1. The number of hydrogen-bond acceptors (Lipinski definition) is 2. The van der Waals surface area contributed by atoms with Crippen LogP contribution in [0, 0.1) is 35.5 Å². The highest BCUT2D eigenvalue weighted by Gasteiger charge is 2.71. The minimum atomic E-state index is 0.186. The quantitative estimate of drug-likeness (QED) is 0.320. The van der Waals surface area contributed by atoms with Gasteiger partial charge in [0.05, 0.1) is 0 Å². The second-order valence-electron chi connectivity index (χ2n) is 12.3. The van der Waals surface area contributed by atoms with E-state index >= 15 is 0 Å². The summed E-state index contributed by atoms with van der Waals surface area (Å²) in [5.74, 6) is 1.97. The molecule has 3 aliphatic carbocycles. The van der Waals surface area contributed by atoms with Crippen molar-refractivity contribution < 1.29 is 0 Å². The van der Waals surface area contributed by atoms with Gasteiger partial charge in [0, 0.05) is 44.0 Å². The van der Waals surface area contributed by atoms with Gasteiger partial charge in [-0.05, 0) is 66.6 Å². The summed E-state index contributed by atoms with van der Waals surface area (Å²) in [5.41, 5.74) is 8.10. The molecule has 1 saturated carbocycles. The molecule has 2 nitrogen and oxygen atoms in total. The van der Waals surface area contributed by atoms with E-state index in [0.717, 1.165) is 25.4 Å². The van der Waals surface area contributed by atoms with E-state index in [1.54, 1.807) is 16.8 Å². The summed E-state index contributed by atoms with van der Waals surface area (Å²) in [6, 6.07) is 9.60. The van der Waals surface area contributed by atoms with Crippen LogP contribution >= 0.6 is 0 Å². The Balaban J connectivity index is 1.48. The normalized spacial score (nSPS) is 31.6. The van der Waals surface area contributed by atoms with Gasteiger partial charge in [0.2, 0.25) is 0 Å². The maximum absolute atomic E-state index is 2.65. The molecule has 1 saturated heterocycles. The average molecular weight is 471 g/mol. The first-order chi connectivity index (χ1) is 16.7. The highest BCUT2D eigenvalue weighted by Crippen LogP contribution is 2.75. The molecule has 0 amide bonds. The zero-order chi connectivity index (χ0) is 25.0. The molecule has 2 fully saturated rings. The lowest BCUT2D eigenvalue weighted by atomic mass is 9.59. The third kappa shape index (κ3) is 3.92. The molecule has 0 N–H and O–H groups in total. The molecule has 2 heteroatoms. The molecule has 0 spiro atoms. The van der Waals surface area contributed by atoms with Crippen molar-refractivity contribution in [1.29, 1.82) is 0 Å². The monoisotopic (exact) mass is 470 g/mol. The van der Waals surface area contributed by atoms with E-state index in [0.29, 0.717) is 17.8 Å². The van der Waals surface area contributed by atoms with Crippen LogP contribution in [0.3, 0.4) is 0 Å². The first-order valence-corrected chi connectivity index (χ1v) is 14.0. The second-order valence-corrected chi connectivity index (χ2v) is 12.3. The van der Waals surface area contributed by atoms with E-state index in [9.17, 15) is 0 Å². The highest BCUT2D eigenvalue weighted by molar-refractivity contribution is 5.53. The van der Waals surface area contributed by atoms with Crippen molar-refractivity contribution in [1.82, 2.24) is 4.90 Å². The fourth-order valence-electron chi connectivity index (χ4n) is 7.94. The van der Waals surface area contributed by atoms with E-state index in [2.05, 4.69) is 113 Å². The Hall–Kier alpha value is -2.22. The molecule has 6 unspecified atom stereocenters. The third-order valence-corrected chi connectivity index (χ3v) is 10.5. The zero-order valence-electron chi connectivity index (χ0n) is 23.1. The van der Waals surface area contributed by atoms with E-state index in [1.807, 2.05) is 0 Å². The predicted molar refractivity (Wildman–Crippen MR) is 151 cm³/mol. The van der Waals surface area contributed by atoms with E-state index < -0.39 is 0 Å². The lowest BCUT2D eigenvalue weighted by Crippen LogP contribution is -2.39. The zero-order valence-corrected chi connectivity index (χ0v) is 23.1. The van der Waals surface area contributed by atoms with Crippen molar-refractivity contribution in [2.45, 2.75) is 73.3 Å². The molecule has 0 radical (unpaired) electrons. The topological polar surface area (TPSA) is 6.25 Å². The van der Waals surface area contributed by atoms with Crippen LogP contribution in [0.25, 0.3) is 0 Å². The Labute approximate surface area is 214 Å². The standard InChI is InChI=1S/C33H46N2/c1-8-13-24(3)32(5,27-18-19-28(20-27)35-21-25(35)4)33(6)29(31(33)26-15-10-11-16-26)22-34(7)30-17-12-9-14-23(30)2/h9-12,14-15,17-19,24-25,29,31H,8,13,16,20-22H2,1-7H3. The summed E-state index contributed by atoms with van der Waals surface area (Å²) in [6.45, 7) is 17.2. The Morgan fingerprint density at radius 2 is 1.94 bits per heavy atom. The van der Waals surface area contributed by atoms with Crippen LogP contribution < -0.4 is 4.90 Å². The summed E-state index contributed by atoms with van der Waals surface area (Å²) >= 11 is 0. The van der Waals surface area contributed by atoms with Crippen LogP contribution in [-0.4, -0.2) is 31.1 Å². The van der Waals surface area contributed by atoms with Gasteiger partial charge < -0.3 is 9.80 Å². The summed E-state index contributed by atoms with van der Waals surface area (Å²) in [4.78, 5) is 5.13. The molecule has 1 aromatic carbocycles. The van der Waals surface area contributed by atoms with Gasteiger partial charge in [-0.3, -0.25) is 0 Å². The lowest BCUT2D eigenvalue weighted by Gasteiger charge is -2.45. The minimum Gasteiger partial charge on any atom is -0.374 e. The molecule has 0 aromatic heterocycles. The summed E-state index contributed by atoms with van der Waals surface area (Å²) in [5, 5.41) is 0. The van der Waals surface area contributed by atoms with Crippen LogP contribution in [0.2, 0.25) is 0 Å². The van der Waals surface area contributed by atoms with Crippen molar-refractivity contribution in [2.75, 3.05) is 25.0 Å². The molecule has 1 aliphatic heterocycles. The molecule has 35 heavy (non-hydrogen) atoms. The Morgan fingerprint density at radius 1 is 1.20 bits per heavy atom. The SMILES string of the molecule is CCCC(C)C(C)(C1=CC=C(N2CC2C)C1)C1(C)C(CN(C)c2ccccc2C)C1C1=CC=CC1. The molecule has 6 atom stereocenters. The maximum Gasteiger partial charge on any atom is 0.0435 e. The third-order valence-electron chi connectivity index (χ3n) is 10.5. The highest BCUT2D eigenvalue weighted by atomic mass is 15.3. The van der Waals surface area contributed by atoms with Crippen LogP contribution in [0.15, 0.2) is 71.5 Å². The summed E-state index contributed by atoms with van der Waals surface area (Å²) in [7, 11) is 2.31. The fraction of sp³-hybridized carbons (Fsp3) is 0.576. The van der Waals surface area contributed by atoms with E-state index in [-0.39, 0.29) is 10.8 Å². The van der Waals surface area contributed by atoms with Crippen molar-refractivity contribution in [2.24, 2.45) is 28.6 Å². The first kappa shape index (κ1) is 24.5. The van der Waals surface area contributed by atoms with Crippen LogP contribution in [-0.2, 0) is 0 Å². The fourth-order valence-corrected chi connectivity index (χ4v) is 7.94. The van der Waals surface area contributed by atoms with Crippen molar-refractivity contribution >= 4 is 5.69 Å². The van der Waals surface area contributed by atoms with E-state index in [4.69, 9.17) is 0 Å². The van der Waals surface area contributed by atoms with Gasteiger partial charge in [-0.2, -0.15) is 0 Å².